The van der Waals surface area contributed by atoms with Crippen molar-refractivity contribution >= 4 is 6.09 Å². The van der Waals surface area contributed by atoms with E-state index in [-0.39, 0.29) is 11.5 Å². The molecule has 0 saturated carbocycles. The molecule has 1 saturated heterocycles. The molecule has 2 N–H and O–H groups in total. The highest BCUT2D eigenvalue weighted by molar-refractivity contribution is 5.68. The molecular weight excluding hydrogens is 216 g/mol. The molecule has 1 heterocycles. The van der Waals surface area contributed by atoms with Gasteiger partial charge in [0.05, 0.1) is 0 Å². The van der Waals surface area contributed by atoms with Crippen LogP contribution in [0.5, 0.6) is 0 Å². The Morgan fingerprint density at radius 1 is 1.47 bits per heavy atom. The zero-order valence-corrected chi connectivity index (χ0v) is 11.6. The summed E-state index contributed by atoms with van der Waals surface area (Å²) in [6, 6.07) is 0. The second-order valence-corrected chi connectivity index (χ2v) is 6.06. The second kappa shape index (κ2) is 5.25. The van der Waals surface area contributed by atoms with Crippen LogP contribution in [0, 0.1) is 5.41 Å². The number of hydrogen-bond acceptors (Lipinski definition) is 3. The quantitative estimate of drug-likeness (QED) is 0.808. The molecule has 17 heavy (non-hydrogen) atoms. The van der Waals surface area contributed by atoms with Crippen LogP contribution in [0.3, 0.4) is 0 Å². The molecule has 0 bridgehead atoms. The van der Waals surface area contributed by atoms with Crippen LogP contribution < -0.4 is 5.73 Å². The molecule has 0 aromatic rings. The Morgan fingerprint density at radius 3 is 2.59 bits per heavy atom. The zero-order valence-electron chi connectivity index (χ0n) is 11.6. The number of carbonyl (C=O) groups excluding carboxylic acids is 1. The van der Waals surface area contributed by atoms with Crippen molar-refractivity contribution < 1.29 is 9.53 Å². The minimum absolute atomic E-state index is 0.0924. The van der Waals surface area contributed by atoms with Gasteiger partial charge in [0.15, 0.2) is 0 Å². The molecule has 1 aliphatic heterocycles. The first-order valence-electron chi connectivity index (χ1n) is 6.50. The van der Waals surface area contributed by atoms with Gasteiger partial charge in [-0.25, -0.2) is 4.79 Å². The van der Waals surface area contributed by atoms with Crippen LogP contribution in [0.1, 0.15) is 47.0 Å². The van der Waals surface area contributed by atoms with Gasteiger partial charge in [-0.15, -0.1) is 0 Å². The maximum Gasteiger partial charge on any atom is 0.410 e. The largest absolute Gasteiger partial charge is 0.444 e. The first-order chi connectivity index (χ1) is 7.82. The van der Waals surface area contributed by atoms with E-state index in [9.17, 15) is 4.79 Å². The molecule has 4 heteroatoms. The minimum atomic E-state index is -0.424. The minimum Gasteiger partial charge on any atom is -0.444 e. The maximum absolute atomic E-state index is 12.0. The van der Waals surface area contributed by atoms with Crippen LogP contribution >= 0.6 is 0 Å². The summed E-state index contributed by atoms with van der Waals surface area (Å²) in [5.74, 6) is 0. The Kier molecular flexibility index (Phi) is 4.42. The van der Waals surface area contributed by atoms with Crippen molar-refractivity contribution in [2.45, 2.75) is 52.6 Å². The first-order valence-corrected chi connectivity index (χ1v) is 6.50. The van der Waals surface area contributed by atoms with Gasteiger partial charge in [-0.2, -0.15) is 0 Å². The molecule has 0 aliphatic carbocycles. The number of nitrogens with zero attached hydrogens (tertiary/aromatic N) is 1. The van der Waals surface area contributed by atoms with Crippen LogP contribution in [-0.2, 0) is 4.74 Å². The van der Waals surface area contributed by atoms with Crippen LogP contribution in [-0.4, -0.2) is 36.2 Å². The van der Waals surface area contributed by atoms with Crippen molar-refractivity contribution in [1.29, 1.82) is 0 Å². The summed E-state index contributed by atoms with van der Waals surface area (Å²) >= 11 is 0. The number of nitrogens with two attached hydrogens (primary N) is 1. The summed E-state index contributed by atoms with van der Waals surface area (Å²) < 4.78 is 5.41. The molecule has 0 aromatic heterocycles. The summed E-state index contributed by atoms with van der Waals surface area (Å²) in [6.07, 6.45) is 2.94. The molecule has 1 aliphatic rings. The molecule has 0 aromatic carbocycles. The summed E-state index contributed by atoms with van der Waals surface area (Å²) in [5, 5.41) is 0. The Morgan fingerprint density at radius 2 is 2.12 bits per heavy atom. The zero-order chi connectivity index (χ0) is 13.1. The van der Waals surface area contributed by atoms with Crippen LogP contribution in [0.15, 0.2) is 0 Å². The monoisotopic (exact) mass is 242 g/mol. The van der Waals surface area contributed by atoms with E-state index >= 15 is 0 Å². The average molecular weight is 242 g/mol. The summed E-state index contributed by atoms with van der Waals surface area (Å²) in [4.78, 5) is 13.8. The Labute approximate surface area is 104 Å². The molecule has 0 spiro atoms. The van der Waals surface area contributed by atoms with Crippen LogP contribution in [0.25, 0.3) is 0 Å². The van der Waals surface area contributed by atoms with Gasteiger partial charge in [0, 0.05) is 18.5 Å². The highest BCUT2D eigenvalue weighted by atomic mass is 16.6. The normalized spacial score (nSPS) is 25.8. The molecule has 1 amide bonds. The Hall–Kier alpha value is -0.770. The van der Waals surface area contributed by atoms with E-state index in [0.717, 1.165) is 32.4 Å². The maximum atomic E-state index is 12.0. The molecule has 1 fully saturated rings. The predicted octanol–water partition coefficient (Wildman–Crippen LogP) is 2.37. The smallest absolute Gasteiger partial charge is 0.410 e. The van der Waals surface area contributed by atoms with Gasteiger partial charge in [-0.1, -0.05) is 6.92 Å². The fourth-order valence-corrected chi connectivity index (χ4v) is 2.29. The van der Waals surface area contributed by atoms with Crippen molar-refractivity contribution in [3.05, 3.63) is 0 Å². The lowest BCUT2D eigenvalue weighted by atomic mass is 9.78. The van der Waals surface area contributed by atoms with Crippen molar-refractivity contribution in [1.82, 2.24) is 4.90 Å². The number of piperidine rings is 1. The molecule has 0 radical (unpaired) electrons. The molecule has 4 nitrogen and oxygen atoms in total. The average Bonchev–Trinajstić information content (AvgIpc) is 2.27. The molecule has 1 rings (SSSR count). The Bertz CT molecular complexity index is 267. The summed E-state index contributed by atoms with van der Waals surface area (Å²) in [5.41, 5.74) is 5.53. The van der Waals surface area contributed by atoms with Crippen LogP contribution in [0.2, 0.25) is 0 Å². The van der Waals surface area contributed by atoms with E-state index < -0.39 is 5.60 Å². The number of hydrogen-bond donors (Lipinski definition) is 1. The lowest BCUT2D eigenvalue weighted by Gasteiger charge is -2.42. The van der Waals surface area contributed by atoms with Gasteiger partial charge in [-0.3, -0.25) is 0 Å². The summed E-state index contributed by atoms with van der Waals surface area (Å²) in [7, 11) is 0. The van der Waals surface area contributed by atoms with E-state index in [1.165, 1.54) is 0 Å². The highest BCUT2D eigenvalue weighted by Crippen LogP contribution is 2.32. The van der Waals surface area contributed by atoms with Gasteiger partial charge in [0.25, 0.3) is 0 Å². The molecule has 100 valence electrons. The SMILES string of the molecule is CCC1(CN)CCCN(C(=O)OC(C)(C)C)C1. The van der Waals surface area contributed by atoms with E-state index in [2.05, 4.69) is 6.92 Å². The molecule has 1 atom stereocenters. The van der Waals surface area contributed by atoms with Crippen molar-refractivity contribution in [2.75, 3.05) is 19.6 Å². The number of likely N-dealkylation sites (tertiary alicyclic amines) is 1. The predicted molar refractivity (Wildman–Crippen MR) is 68.8 cm³/mol. The third kappa shape index (κ3) is 3.87. The Balaban J connectivity index is 2.63. The highest BCUT2D eigenvalue weighted by Gasteiger charge is 2.36. The van der Waals surface area contributed by atoms with Gasteiger partial charge in [-0.05, 0) is 46.6 Å². The number of amides is 1. The fraction of sp³-hybridized carbons (Fsp3) is 0.923. The van der Waals surface area contributed by atoms with Crippen molar-refractivity contribution in [3.8, 4) is 0 Å². The molecular formula is C13H26N2O2. The van der Waals surface area contributed by atoms with Crippen molar-refractivity contribution in [3.63, 3.8) is 0 Å². The summed E-state index contributed by atoms with van der Waals surface area (Å²) in [6.45, 7) is 9.99. The van der Waals surface area contributed by atoms with E-state index in [1.54, 1.807) is 0 Å². The van der Waals surface area contributed by atoms with Gasteiger partial charge in [0.1, 0.15) is 5.60 Å². The van der Waals surface area contributed by atoms with E-state index in [0.29, 0.717) is 6.54 Å². The van der Waals surface area contributed by atoms with E-state index in [4.69, 9.17) is 10.5 Å². The number of ether oxygens (including phenoxy) is 1. The van der Waals surface area contributed by atoms with Gasteiger partial charge < -0.3 is 15.4 Å². The van der Waals surface area contributed by atoms with E-state index in [1.807, 2.05) is 25.7 Å². The second-order valence-electron chi connectivity index (χ2n) is 6.06. The first kappa shape index (κ1) is 14.3. The third-order valence-electron chi connectivity index (χ3n) is 3.50. The third-order valence-corrected chi connectivity index (χ3v) is 3.50. The van der Waals surface area contributed by atoms with Gasteiger partial charge >= 0.3 is 6.09 Å². The fourth-order valence-electron chi connectivity index (χ4n) is 2.29. The lowest BCUT2D eigenvalue weighted by Crippen LogP contribution is -2.50. The topological polar surface area (TPSA) is 55.6 Å². The lowest BCUT2D eigenvalue weighted by molar-refractivity contribution is 0.00474. The number of rotatable bonds is 2. The number of carbonyl (C=O) groups is 1. The van der Waals surface area contributed by atoms with Gasteiger partial charge in [0.2, 0.25) is 0 Å². The standard InChI is InChI=1S/C13H26N2O2/c1-5-13(9-14)7-6-8-15(10-13)11(16)17-12(2,3)4/h5-10,14H2,1-4H3. The molecule has 1 unspecified atom stereocenters. The van der Waals surface area contributed by atoms with Crippen molar-refractivity contribution in [2.24, 2.45) is 11.1 Å². The van der Waals surface area contributed by atoms with Crippen LogP contribution in [0.4, 0.5) is 4.79 Å².